The van der Waals surface area contributed by atoms with Gasteiger partial charge in [-0.2, -0.15) is 0 Å². The second-order valence-electron chi connectivity index (χ2n) is 5.72. The quantitative estimate of drug-likeness (QED) is 0.631. The first-order chi connectivity index (χ1) is 13.1. The number of carbonyl (C=O) groups excluding carboxylic acids is 2. The van der Waals surface area contributed by atoms with E-state index in [-0.39, 0.29) is 11.6 Å². The second kappa shape index (κ2) is 8.83. The van der Waals surface area contributed by atoms with Gasteiger partial charge >= 0.3 is 0 Å². The third-order valence-electron chi connectivity index (χ3n) is 3.77. The Balaban J connectivity index is 1.90. The van der Waals surface area contributed by atoms with Gasteiger partial charge in [-0.05, 0) is 42.0 Å². The Bertz CT molecular complexity index is 970. The fourth-order valence-electron chi connectivity index (χ4n) is 2.41. The van der Waals surface area contributed by atoms with Crippen LogP contribution in [0.5, 0.6) is 0 Å². The lowest BCUT2D eigenvalue weighted by Crippen LogP contribution is -2.30. The summed E-state index contributed by atoms with van der Waals surface area (Å²) in [6, 6.07) is 24.8. The highest BCUT2D eigenvalue weighted by Crippen LogP contribution is 2.18. The summed E-state index contributed by atoms with van der Waals surface area (Å²) < 4.78 is 0. The van der Waals surface area contributed by atoms with Crippen molar-refractivity contribution in [1.29, 1.82) is 0 Å². The SMILES string of the molecule is O=C(Nc1ccccc1)C(=Cc1ccccc1Cl)NC(=O)c1ccccc1. The van der Waals surface area contributed by atoms with Gasteiger partial charge in [0, 0.05) is 16.3 Å². The van der Waals surface area contributed by atoms with Crippen LogP contribution in [0.1, 0.15) is 15.9 Å². The fourth-order valence-corrected chi connectivity index (χ4v) is 2.60. The molecule has 0 aromatic heterocycles. The summed E-state index contributed by atoms with van der Waals surface area (Å²) in [5, 5.41) is 5.94. The number of nitrogens with one attached hydrogen (secondary N) is 2. The van der Waals surface area contributed by atoms with Gasteiger partial charge in [0.05, 0.1) is 0 Å². The van der Waals surface area contributed by atoms with Crippen LogP contribution >= 0.6 is 11.6 Å². The second-order valence-corrected chi connectivity index (χ2v) is 6.13. The molecule has 0 heterocycles. The number of hydrogen-bond donors (Lipinski definition) is 2. The predicted molar refractivity (Wildman–Crippen MR) is 108 cm³/mol. The first-order valence-corrected chi connectivity index (χ1v) is 8.70. The maximum Gasteiger partial charge on any atom is 0.272 e. The minimum atomic E-state index is -0.439. The highest BCUT2D eigenvalue weighted by molar-refractivity contribution is 6.32. The molecule has 0 saturated heterocycles. The first-order valence-electron chi connectivity index (χ1n) is 8.32. The van der Waals surface area contributed by atoms with Crippen LogP contribution in [0.15, 0.2) is 90.6 Å². The number of hydrogen-bond acceptors (Lipinski definition) is 2. The van der Waals surface area contributed by atoms with Gasteiger partial charge in [0.1, 0.15) is 5.70 Å². The standard InChI is InChI=1S/C22H17ClN2O2/c23-19-14-8-7-11-17(19)15-20(22(27)24-18-12-5-2-6-13-18)25-21(26)16-9-3-1-4-10-16/h1-15H,(H,24,27)(H,25,26). The molecule has 134 valence electrons. The number of halogens is 1. The largest absolute Gasteiger partial charge is 0.321 e. The van der Waals surface area contributed by atoms with E-state index in [1.165, 1.54) is 0 Å². The average Bonchev–Trinajstić information content (AvgIpc) is 2.70. The number of para-hydroxylation sites is 1. The molecule has 3 aromatic carbocycles. The Kier molecular flexibility index (Phi) is 6.02. The number of amides is 2. The molecule has 3 rings (SSSR count). The zero-order valence-corrected chi connectivity index (χ0v) is 15.1. The van der Waals surface area contributed by atoms with Crippen LogP contribution in [-0.4, -0.2) is 11.8 Å². The molecule has 27 heavy (non-hydrogen) atoms. The smallest absolute Gasteiger partial charge is 0.272 e. The lowest BCUT2D eigenvalue weighted by Gasteiger charge is -2.12. The third kappa shape index (κ3) is 5.06. The van der Waals surface area contributed by atoms with Crippen LogP contribution in [0, 0.1) is 0 Å². The van der Waals surface area contributed by atoms with Crippen molar-refractivity contribution >= 4 is 35.2 Å². The van der Waals surface area contributed by atoms with Crippen molar-refractivity contribution < 1.29 is 9.59 Å². The van der Waals surface area contributed by atoms with Gasteiger partial charge in [0.15, 0.2) is 0 Å². The molecule has 0 aliphatic carbocycles. The fraction of sp³-hybridized carbons (Fsp3) is 0. The topological polar surface area (TPSA) is 58.2 Å². The maximum atomic E-state index is 12.8. The van der Waals surface area contributed by atoms with Crippen LogP contribution in [0.4, 0.5) is 5.69 Å². The Hall–Kier alpha value is -3.37. The zero-order valence-electron chi connectivity index (χ0n) is 14.4. The van der Waals surface area contributed by atoms with Crippen molar-refractivity contribution in [3.63, 3.8) is 0 Å². The molecule has 2 N–H and O–H groups in total. The molecule has 0 atom stereocenters. The highest BCUT2D eigenvalue weighted by Gasteiger charge is 2.15. The van der Waals surface area contributed by atoms with Gasteiger partial charge in [-0.1, -0.05) is 66.2 Å². The molecule has 3 aromatic rings. The van der Waals surface area contributed by atoms with E-state index in [4.69, 9.17) is 11.6 Å². The van der Waals surface area contributed by atoms with Crippen LogP contribution < -0.4 is 10.6 Å². The van der Waals surface area contributed by atoms with E-state index >= 15 is 0 Å². The van der Waals surface area contributed by atoms with Gasteiger partial charge in [0.25, 0.3) is 11.8 Å². The van der Waals surface area contributed by atoms with Crippen molar-refractivity contribution in [2.24, 2.45) is 0 Å². The van der Waals surface area contributed by atoms with Crippen molar-refractivity contribution in [2.45, 2.75) is 0 Å². The van der Waals surface area contributed by atoms with E-state index in [9.17, 15) is 9.59 Å². The summed E-state index contributed by atoms with van der Waals surface area (Å²) in [6.07, 6.45) is 1.56. The Morgan fingerprint density at radius 3 is 2.04 bits per heavy atom. The monoisotopic (exact) mass is 376 g/mol. The molecule has 4 nitrogen and oxygen atoms in total. The number of benzene rings is 3. The van der Waals surface area contributed by atoms with E-state index in [2.05, 4.69) is 10.6 Å². The average molecular weight is 377 g/mol. The van der Waals surface area contributed by atoms with Gasteiger partial charge < -0.3 is 10.6 Å². The lowest BCUT2D eigenvalue weighted by atomic mass is 10.1. The minimum absolute atomic E-state index is 0.0980. The summed E-state index contributed by atoms with van der Waals surface area (Å²) >= 11 is 6.20. The van der Waals surface area contributed by atoms with E-state index in [1.54, 1.807) is 60.7 Å². The maximum absolute atomic E-state index is 12.8. The summed E-state index contributed by atoms with van der Waals surface area (Å²) in [5.74, 6) is -0.817. The zero-order chi connectivity index (χ0) is 19.1. The molecule has 0 unspecified atom stereocenters. The molecule has 2 amide bonds. The summed E-state index contributed by atoms with van der Waals surface area (Å²) in [4.78, 5) is 25.3. The Morgan fingerprint density at radius 2 is 1.37 bits per heavy atom. The molecule has 0 saturated carbocycles. The first kappa shape index (κ1) is 18.4. The number of rotatable bonds is 5. The molecule has 0 fully saturated rings. The van der Waals surface area contributed by atoms with Crippen molar-refractivity contribution in [3.05, 3.63) is 107 Å². The van der Waals surface area contributed by atoms with Crippen molar-refractivity contribution in [3.8, 4) is 0 Å². The predicted octanol–water partition coefficient (Wildman–Crippen LogP) is 4.75. The molecular weight excluding hydrogens is 360 g/mol. The van der Waals surface area contributed by atoms with Gasteiger partial charge in [-0.3, -0.25) is 9.59 Å². The number of anilines is 1. The molecule has 0 aliphatic rings. The van der Waals surface area contributed by atoms with Crippen LogP contribution in [0.25, 0.3) is 6.08 Å². The van der Waals surface area contributed by atoms with E-state index in [0.29, 0.717) is 21.8 Å². The van der Waals surface area contributed by atoms with Crippen LogP contribution in [0.3, 0.4) is 0 Å². The van der Waals surface area contributed by atoms with Gasteiger partial charge in [-0.25, -0.2) is 0 Å². The van der Waals surface area contributed by atoms with Crippen LogP contribution in [-0.2, 0) is 4.79 Å². The van der Waals surface area contributed by atoms with E-state index in [0.717, 1.165) is 0 Å². The van der Waals surface area contributed by atoms with Gasteiger partial charge in [0.2, 0.25) is 0 Å². The summed E-state index contributed by atoms with van der Waals surface area (Å²) in [6.45, 7) is 0. The lowest BCUT2D eigenvalue weighted by molar-refractivity contribution is -0.113. The molecular formula is C22H17ClN2O2. The summed E-state index contributed by atoms with van der Waals surface area (Å²) in [7, 11) is 0. The van der Waals surface area contributed by atoms with Gasteiger partial charge in [-0.15, -0.1) is 0 Å². The van der Waals surface area contributed by atoms with Crippen molar-refractivity contribution in [1.82, 2.24) is 5.32 Å². The van der Waals surface area contributed by atoms with E-state index < -0.39 is 5.91 Å². The molecule has 5 heteroatoms. The minimum Gasteiger partial charge on any atom is -0.321 e. The van der Waals surface area contributed by atoms with Crippen molar-refractivity contribution in [2.75, 3.05) is 5.32 Å². The number of carbonyl (C=O) groups is 2. The van der Waals surface area contributed by atoms with Crippen LogP contribution in [0.2, 0.25) is 5.02 Å². The third-order valence-corrected chi connectivity index (χ3v) is 4.11. The summed E-state index contributed by atoms with van der Waals surface area (Å²) in [5.41, 5.74) is 1.81. The molecule has 0 aliphatic heterocycles. The normalized spacial score (nSPS) is 10.9. The molecule has 0 bridgehead atoms. The van der Waals surface area contributed by atoms with E-state index in [1.807, 2.05) is 30.3 Å². The Labute approximate surface area is 162 Å². The molecule has 0 spiro atoms. The highest BCUT2D eigenvalue weighted by atomic mass is 35.5. The Morgan fingerprint density at radius 1 is 0.778 bits per heavy atom. The molecule has 0 radical (unpaired) electrons.